The predicted molar refractivity (Wildman–Crippen MR) is 140 cm³/mol. The van der Waals surface area contributed by atoms with Crippen LogP contribution >= 0.6 is 23.2 Å². The first-order chi connectivity index (χ1) is 17.6. The van der Waals surface area contributed by atoms with E-state index in [1.165, 1.54) is 6.07 Å². The van der Waals surface area contributed by atoms with Crippen molar-refractivity contribution in [1.82, 2.24) is 10.6 Å². The number of benzene rings is 2. The first-order valence-electron chi connectivity index (χ1n) is 12.9. The Morgan fingerprint density at radius 3 is 2.57 bits per heavy atom. The van der Waals surface area contributed by atoms with Gasteiger partial charge in [-0.2, -0.15) is 0 Å². The largest absolute Gasteiger partial charge is 0.390 e. The van der Waals surface area contributed by atoms with Crippen molar-refractivity contribution in [2.75, 3.05) is 5.32 Å². The van der Waals surface area contributed by atoms with Gasteiger partial charge in [-0.15, -0.1) is 0 Å². The number of aliphatic hydroxyl groups is 1. The van der Waals surface area contributed by atoms with Crippen LogP contribution in [0.5, 0.6) is 0 Å². The molecule has 0 bridgehead atoms. The molecule has 9 heteroatoms. The number of anilines is 1. The van der Waals surface area contributed by atoms with Gasteiger partial charge >= 0.3 is 0 Å². The first-order valence-corrected chi connectivity index (χ1v) is 13.7. The maximum atomic E-state index is 15.8. The monoisotopic (exact) mass is 545 g/mol. The Hall–Kier alpha value is -2.19. The van der Waals surface area contributed by atoms with Crippen LogP contribution in [0.3, 0.4) is 0 Å². The number of fused-ring (bicyclic) bond motifs is 3. The molecule has 0 aromatic heterocycles. The maximum Gasteiger partial charge on any atom is 0.238 e. The third-order valence-electron chi connectivity index (χ3n) is 9.02. The van der Waals surface area contributed by atoms with E-state index < -0.39 is 34.3 Å². The van der Waals surface area contributed by atoms with Gasteiger partial charge in [0.15, 0.2) is 0 Å². The third kappa shape index (κ3) is 3.65. The van der Waals surface area contributed by atoms with Crippen LogP contribution in [-0.4, -0.2) is 40.1 Å². The number of amides is 2. The van der Waals surface area contributed by atoms with Crippen LogP contribution in [0.15, 0.2) is 36.4 Å². The van der Waals surface area contributed by atoms with Gasteiger partial charge in [0.25, 0.3) is 0 Å². The molecule has 37 heavy (non-hydrogen) atoms. The smallest absolute Gasteiger partial charge is 0.238 e. The maximum absolute atomic E-state index is 15.8. The molecule has 6 nitrogen and oxygen atoms in total. The highest BCUT2D eigenvalue weighted by atomic mass is 35.5. The number of halogens is 3. The van der Waals surface area contributed by atoms with Gasteiger partial charge in [0.1, 0.15) is 11.2 Å². The Morgan fingerprint density at radius 1 is 1.14 bits per heavy atom. The van der Waals surface area contributed by atoms with Crippen molar-refractivity contribution < 1.29 is 19.1 Å². The zero-order valence-corrected chi connectivity index (χ0v) is 22.1. The summed E-state index contributed by atoms with van der Waals surface area (Å²) < 4.78 is 15.8. The molecule has 2 heterocycles. The van der Waals surface area contributed by atoms with Gasteiger partial charge in [-0.1, -0.05) is 60.7 Å². The second kappa shape index (κ2) is 8.67. The van der Waals surface area contributed by atoms with Crippen LogP contribution in [0, 0.1) is 5.82 Å². The Bertz CT molecular complexity index is 1290. The summed E-state index contributed by atoms with van der Waals surface area (Å²) in [5.74, 6) is -2.04. The van der Waals surface area contributed by atoms with E-state index in [4.69, 9.17) is 23.2 Å². The lowest BCUT2D eigenvalue weighted by Crippen LogP contribution is -2.60. The van der Waals surface area contributed by atoms with E-state index in [0.717, 1.165) is 24.8 Å². The summed E-state index contributed by atoms with van der Waals surface area (Å²) in [5, 5.41) is 20.3. The summed E-state index contributed by atoms with van der Waals surface area (Å²) in [6.07, 6.45) is 5.02. The topological polar surface area (TPSA) is 90.5 Å². The lowest BCUT2D eigenvalue weighted by Gasteiger charge is -2.47. The zero-order chi connectivity index (χ0) is 26.2. The van der Waals surface area contributed by atoms with Crippen LogP contribution in [-0.2, 0) is 15.0 Å². The molecule has 3 fully saturated rings. The average Bonchev–Trinajstić information content (AvgIpc) is 3.28. The summed E-state index contributed by atoms with van der Waals surface area (Å²) in [4.78, 5) is 28.2. The van der Waals surface area contributed by atoms with Crippen molar-refractivity contribution in [1.29, 1.82) is 0 Å². The van der Waals surface area contributed by atoms with Gasteiger partial charge < -0.3 is 15.7 Å². The Labute approximate surface area is 225 Å². The fourth-order valence-electron chi connectivity index (χ4n) is 7.61. The van der Waals surface area contributed by atoms with E-state index in [9.17, 15) is 14.7 Å². The Balaban J connectivity index is 1.55. The first kappa shape index (κ1) is 25.1. The number of carbonyl (C=O) groups excluding carboxylic acids is 2. The summed E-state index contributed by atoms with van der Waals surface area (Å²) in [6.45, 7) is 1.74. The van der Waals surface area contributed by atoms with Gasteiger partial charge in [-0.3, -0.25) is 14.9 Å². The van der Waals surface area contributed by atoms with Crippen molar-refractivity contribution in [3.05, 3.63) is 63.4 Å². The van der Waals surface area contributed by atoms with Crippen molar-refractivity contribution in [3.63, 3.8) is 0 Å². The molecular weight excluding hydrogens is 516 g/mol. The second-order valence-corrected chi connectivity index (χ2v) is 12.3. The lowest BCUT2D eigenvalue weighted by molar-refractivity contribution is -0.127. The summed E-state index contributed by atoms with van der Waals surface area (Å²) in [5.41, 5.74) is -1.27. The van der Waals surface area contributed by atoms with E-state index in [2.05, 4.69) is 16.0 Å². The second-order valence-electron chi connectivity index (χ2n) is 11.4. The number of carbonyl (C=O) groups is 2. The molecular formula is C28H30Cl2FN3O3. The van der Waals surface area contributed by atoms with Crippen LogP contribution in [0.1, 0.15) is 68.9 Å². The molecule has 6 rings (SSSR count). The van der Waals surface area contributed by atoms with Gasteiger partial charge in [-0.25, -0.2) is 4.39 Å². The van der Waals surface area contributed by atoms with E-state index in [1.54, 1.807) is 31.2 Å². The van der Waals surface area contributed by atoms with Crippen LogP contribution < -0.4 is 16.0 Å². The van der Waals surface area contributed by atoms with Gasteiger partial charge in [0, 0.05) is 28.2 Å². The highest BCUT2D eigenvalue weighted by molar-refractivity contribution is 6.31. The van der Waals surface area contributed by atoms with E-state index >= 15 is 4.39 Å². The van der Waals surface area contributed by atoms with Crippen molar-refractivity contribution in [2.45, 2.75) is 86.4 Å². The SMILES string of the molecule is C[C@]1(O)C[C@@H](NC(=O)[C@@H]2NC3(CCCCC3)[C@@]3(C(=O)Nc4cc(Cl)ccc43)[C@H]2c2cccc(Cl)c2F)C1. The van der Waals surface area contributed by atoms with Gasteiger partial charge in [0.2, 0.25) is 11.8 Å². The number of hydrogen-bond acceptors (Lipinski definition) is 4. The molecule has 0 unspecified atom stereocenters. The van der Waals surface area contributed by atoms with Crippen molar-refractivity contribution >= 4 is 40.7 Å². The van der Waals surface area contributed by atoms with Gasteiger partial charge in [0.05, 0.1) is 16.7 Å². The van der Waals surface area contributed by atoms with E-state index in [0.29, 0.717) is 36.4 Å². The molecule has 2 saturated carbocycles. The van der Waals surface area contributed by atoms with E-state index in [-0.39, 0.29) is 28.4 Å². The molecule has 2 amide bonds. The van der Waals surface area contributed by atoms with Gasteiger partial charge in [-0.05, 0) is 61.9 Å². The normalized spacial score (nSPS) is 33.8. The quantitative estimate of drug-likeness (QED) is 0.445. The molecule has 196 valence electrons. The average molecular weight is 546 g/mol. The van der Waals surface area contributed by atoms with Crippen molar-refractivity contribution in [3.8, 4) is 0 Å². The Morgan fingerprint density at radius 2 is 1.86 bits per heavy atom. The van der Waals surface area contributed by atoms with E-state index in [1.807, 2.05) is 6.07 Å². The number of hydrogen-bond donors (Lipinski definition) is 4. The molecule has 2 aliphatic carbocycles. The number of rotatable bonds is 3. The summed E-state index contributed by atoms with van der Waals surface area (Å²) in [6, 6.07) is 9.00. The third-order valence-corrected chi connectivity index (χ3v) is 9.55. The fourth-order valence-corrected chi connectivity index (χ4v) is 7.97. The highest BCUT2D eigenvalue weighted by Gasteiger charge is 2.72. The van der Waals surface area contributed by atoms with Crippen LogP contribution in [0.25, 0.3) is 0 Å². The van der Waals surface area contributed by atoms with Crippen LogP contribution in [0.4, 0.5) is 10.1 Å². The summed E-state index contributed by atoms with van der Waals surface area (Å²) >= 11 is 12.6. The highest BCUT2D eigenvalue weighted by Crippen LogP contribution is 2.62. The minimum absolute atomic E-state index is 0.0545. The summed E-state index contributed by atoms with van der Waals surface area (Å²) in [7, 11) is 0. The van der Waals surface area contributed by atoms with Crippen molar-refractivity contribution in [2.24, 2.45) is 0 Å². The predicted octanol–water partition coefficient (Wildman–Crippen LogP) is 4.81. The van der Waals surface area contributed by atoms with Crippen LogP contribution in [0.2, 0.25) is 10.0 Å². The molecule has 2 aliphatic heterocycles. The molecule has 4 aliphatic rings. The fraction of sp³-hybridized carbons (Fsp3) is 0.500. The molecule has 0 radical (unpaired) electrons. The molecule has 3 atom stereocenters. The minimum Gasteiger partial charge on any atom is -0.390 e. The lowest BCUT2D eigenvalue weighted by atomic mass is 9.55. The number of nitrogens with one attached hydrogen (secondary N) is 3. The molecule has 2 aromatic carbocycles. The molecule has 4 N–H and O–H groups in total. The standard InChI is InChI=1S/C28H30Cl2FN3O3/c1-26(37)13-16(14-26)32-24(35)23-21(17-6-5-7-19(30)22(17)31)28(27(34-23)10-3-2-4-11-27)18-9-8-15(29)12-20(18)33-25(28)36/h5-9,12,16,21,23,34,37H,2-4,10-11,13-14H2,1H3,(H,32,35)(H,33,36)/t16-,21-,23+,26+,28+/m0/s1. The minimum atomic E-state index is -1.24. The zero-order valence-electron chi connectivity index (χ0n) is 20.5. The molecule has 2 aromatic rings. The molecule has 2 spiro atoms. The Kier molecular flexibility index (Phi) is 5.88. The molecule has 1 saturated heterocycles.